The van der Waals surface area contributed by atoms with Crippen LogP contribution >= 0.6 is 0 Å². The first-order valence-corrected chi connectivity index (χ1v) is 5.28. The molecule has 0 rings (SSSR count). The van der Waals surface area contributed by atoms with Crippen LogP contribution in [0.25, 0.3) is 0 Å². The number of allylic oxidation sites excluding steroid dienone is 4. The SMILES string of the molecule is O.O.O=C(C=C(O)C(F)(F)F)C(F)(F)F.O=C(C=C(O)C(F)(F)F)C(F)(F)F.[Zn]. The van der Waals surface area contributed by atoms with Gasteiger partial charge in [0.15, 0.2) is 0 Å². The fraction of sp³-hybridized carbons (Fsp3) is 0.400. The Hall–Kier alpha value is -1.88. The minimum Gasteiger partial charge on any atom is -0.504 e. The summed E-state index contributed by atoms with van der Waals surface area (Å²) in [4.78, 5) is 19.7. The van der Waals surface area contributed by atoms with E-state index < -0.39 is 59.9 Å². The van der Waals surface area contributed by atoms with Crippen molar-refractivity contribution in [2.75, 3.05) is 0 Å². The molecule has 0 fully saturated rings. The van der Waals surface area contributed by atoms with Crippen LogP contribution in [0.4, 0.5) is 52.7 Å². The molecule has 0 saturated heterocycles. The summed E-state index contributed by atoms with van der Waals surface area (Å²) in [5, 5.41) is 15.9. The molecule has 6 nitrogen and oxygen atoms in total. The summed E-state index contributed by atoms with van der Waals surface area (Å²) in [7, 11) is 0. The molecule has 0 radical (unpaired) electrons. The molecule has 19 heteroatoms. The quantitative estimate of drug-likeness (QED) is 0.252. The van der Waals surface area contributed by atoms with Crippen molar-refractivity contribution in [3.63, 3.8) is 0 Å². The molecule has 0 atom stereocenters. The summed E-state index contributed by atoms with van der Waals surface area (Å²) >= 11 is 0. The van der Waals surface area contributed by atoms with E-state index in [1.165, 1.54) is 0 Å². The van der Waals surface area contributed by atoms with Crippen LogP contribution in [0.3, 0.4) is 0 Å². The third-order valence-electron chi connectivity index (χ3n) is 1.68. The number of carbonyl (C=O) groups is 2. The molecule has 0 aromatic carbocycles. The second kappa shape index (κ2) is 12.6. The number of ketones is 2. The molecule has 0 unspecified atom stereocenters. The molecule has 6 N–H and O–H groups in total. The van der Waals surface area contributed by atoms with Gasteiger partial charge in [0.2, 0.25) is 11.5 Å². The number of aliphatic hydroxyl groups excluding tert-OH is 2. The second-order valence-corrected chi connectivity index (χ2v) is 3.78. The van der Waals surface area contributed by atoms with Crippen molar-refractivity contribution in [2.45, 2.75) is 24.7 Å². The summed E-state index contributed by atoms with van der Waals surface area (Å²) in [5.41, 5.74) is 0. The van der Waals surface area contributed by atoms with Crippen LogP contribution in [0, 0.1) is 0 Å². The van der Waals surface area contributed by atoms with Crippen molar-refractivity contribution < 1.29 is 103 Å². The molecule has 0 aliphatic heterocycles. The van der Waals surface area contributed by atoms with Gasteiger partial charge in [-0.2, -0.15) is 52.7 Å². The van der Waals surface area contributed by atoms with E-state index in [-0.39, 0.29) is 30.4 Å². The van der Waals surface area contributed by atoms with Gasteiger partial charge in [-0.3, -0.25) is 9.59 Å². The Kier molecular flexibility index (Phi) is 16.5. The first-order valence-electron chi connectivity index (χ1n) is 5.28. The van der Waals surface area contributed by atoms with Gasteiger partial charge in [-0.25, -0.2) is 0 Å². The first-order chi connectivity index (χ1) is 11.1. The van der Waals surface area contributed by atoms with E-state index in [9.17, 15) is 62.3 Å². The summed E-state index contributed by atoms with van der Waals surface area (Å²) in [6, 6.07) is 0. The van der Waals surface area contributed by atoms with Crippen LogP contribution in [0.2, 0.25) is 0 Å². The largest absolute Gasteiger partial charge is 0.504 e. The summed E-state index contributed by atoms with van der Waals surface area (Å²) in [5.74, 6) is -10.7. The van der Waals surface area contributed by atoms with Gasteiger partial charge < -0.3 is 21.2 Å². The van der Waals surface area contributed by atoms with Gasteiger partial charge in [0.05, 0.1) is 0 Å². The Morgan fingerprint density at radius 1 is 0.517 bits per heavy atom. The average molecular weight is 518 g/mol. The Morgan fingerprint density at radius 2 is 0.690 bits per heavy atom. The monoisotopic (exact) mass is 516 g/mol. The topological polar surface area (TPSA) is 138 Å². The number of carbonyl (C=O) groups excluding carboxylic acids is 2. The molecular formula is C10H8F12O6Zn. The zero-order valence-corrected chi connectivity index (χ0v) is 16.1. The summed E-state index contributed by atoms with van der Waals surface area (Å²) in [6.45, 7) is 0. The number of halogens is 12. The van der Waals surface area contributed by atoms with Gasteiger partial charge in [-0.05, 0) is 0 Å². The van der Waals surface area contributed by atoms with Gasteiger partial charge >= 0.3 is 24.7 Å². The normalized spacial score (nSPS) is 13.0. The average Bonchev–Trinajstić information content (AvgIpc) is 2.34. The van der Waals surface area contributed by atoms with E-state index in [2.05, 4.69) is 0 Å². The van der Waals surface area contributed by atoms with Crippen LogP contribution < -0.4 is 0 Å². The number of aliphatic hydroxyl groups is 2. The third-order valence-corrected chi connectivity index (χ3v) is 1.68. The maximum atomic E-state index is 11.4. The minimum atomic E-state index is -5.42. The smallest absolute Gasteiger partial charge is 0.454 e. The maximum absolute atomic E-state index is 11.4. The predicted molar refractivity (Wildman–Crippen MR) is 62.9 cm³/mol. The maximum Gasteiger partial charge on any atom is 0.454 e. The molecule has 170 valence electrons. The van der Waals surface area contributed by atoms with Crippen LogP contribution in [0.1, 0.15) is 0 Å². The van der Waals surface area contributed by atoms with E-state index in [1.54, 1.807) is 0 Å². The molecule has 0 heterocycles. The van der Waals surface area contributed by atoms with E-state index in [4.69, 9.17) is 10.2 Å². The molecule has 0 spiro atoms. The molecular weight excluding hydrogens is 509 g/mol. The van der Waals surface area contributed by atoms with E-state index >= 15 is 0 Å². The van der Waals surface area contributed by atoms with Crippen molar-refractivity contribution in [3.8, 4) is 0 Å². The van der Waals surface area contributed by atoms with E-state index in [0.29, 0.717) is 0 Å². The number of hydrogen-bond donors (Lipinski definition) is 2. The van der Waals surface area contributed by atoms with Crippen molar-refractivity contribution in [1.29, 1.82) is 0 Å². The van der Waals surface area contributed by atoms with Crippen LogP contribution in [0.5, 0.6) is 0 Å². The van der Waals surface area contributed by atoms with Gasteiger partial charge in [0.25, 0.3) is 11.6 Å². The number of alkyl halides is 12. The van der Waals surface area contributed by atoms with Crippen LogP contribution in [-0.4, -0.2) is 57.4 Å². The Morgan fingerprint density at radius 3 is 0.793 bits per heavy atom. The standard InChI is InChI=1S/2C5H2F6O2.2H2O.Zn/c2*6-4(7,8)2(12)1-3(13)5(9,10)11;;;/h2*1,12H;2*1H2;. The fourth-order valence-corrected chi connectivity index (χ4v) is 0.576. The Balaban J connectivity index is -0.000000120. The molecule has 0 aliphatic rings. The minimum absolute atomic E-state index is 0. The molecule has 0 aromatic heterocycles. The predicted octanol–water partition coefficient (Wildman–Crippen LogP) is 2.59. The first kappa shape index (κ1) is 37.8. The van der Waals surface area contributed by atoms with Gasteiger partial charge in [-0.1, -0.05) is 0 Å². The Bertz CT molecular complexity index is 532. The number of rotatable bonds is 2. The zero-order valence-electron chi connectivity index (χ0n) is 13.1. The molecule has 0 saturated carbocycles. The van der Waals surface area contributed by atoms with Gasteiger partial charge in [-0.15, -0.1) is 0 Å². The van der Waals surface area contributed by atoms with Crippen molar-refractivity contribution in [3.05, 3.63) is 23.7 Å². The molecule has 29 heavy (non-hydrogen) atoms. The van der Waals surface area contributed by atoms with Crippen LogP contribution in [-0.2, 0) is 29.1 Å². The number of hydrogen-bond acceptors (Lipinski definition) is 4. The molecule has 0 aliphatic carbocycles. The molecule has 0 amide bonds. The second-order valence-electron chi connectivity index (χ2n) is 3.78. The van der Waals surface area contributed by atoms with E-state index in [1.807, 2.05) is 0 Å². The summed E-state index contributed by atoms with van der Waals surface area (Å²) in [6.07, 6.45) is -23.4. The van der Waals surface area contributed by atoms with Crippen molar-refractivity contribution in [1.82, 2.24) is 0 Å². The van der Waals surface area contributed by atoms with Crippen molar-refractivity contribution >= 4 is 11.6 Å². The molecule has 0 bridgehead atoms. The third kappa shape index (κ3) is 16.8. The summed E-state index contributed by atoms with van der Waals surface area (Å²) < 4.78 is 136. The van der Waals surface area contributed by atoms with E-state index in [0.717, 1.165) is 0 Å². The van der Waals surface area contributed by atoms with Crippen LogP contribution in [0.15, 0.2) is 23.7 Å². The van der Waals surface area contributed by atoms with Gasteiger partial charge in [0.1, 0.15) is 0 Å². The Labute approximate surface area is 163 Å². The van der Waals surface area contributed by atoms with Crippen molar-refractivity contribution in [2.24, 2.45) is 0 Å². The zero-order chi connectivity index (χ0) is 21.7. The molecule has 0 aromatic rings. The fourth-order valence-electron chi connectivity index (χ4n) is 0.576. The van der Waals surface area contributed by atoms with Gasteiger partial charge in [0, 0.05) is 31.6 Å².